The zero-order valence-corrected chi connectivity index (χ0v) is 42.5. The Morgan fingerprint density at radius 1 is 0.311 bits per heavy atom. The van der Waals surface area contributed by atoms with E-state index in [1.807, 2.05) is 103 Å². The summed E-state index contributed by atoms with van der Waals surface area (Å²) in [7, 11) is -6.42. The van der Waals surface area contributed by atoms with Gasteiger partial charge in [0.25, 0.3) is 0 Å². The van der Waals surface area contributed by atoms with Gasteiger partial charge in [-0.2, -0.15) is 0 Å². The Labute approximate surface area is 432 Å². The summed E-state index contributed by atoms with van der Waals surface area (Å²) < 4.78 is 30.7. The molecule has 0 saturated heterocycles. The van der Waals surface area contributed by atoms with Gasteiger partial charge >= 0.3 is 0 Å². The number of fused-ring (bicyclic) bond motifs is 4. The Balaban J connectivity index is 1.07. The minimum atomic E-state index is -3.26. The zero-order chi connectivity index (χ0) is 50.2. The third-order valence-electron chi connectivity index (χ3n) is 14.5. The van der Waals surface area contributed by atoms with Gasteiger partial charge in [0.1, 0.15) is 0 Å². The molecule has 352 valence electrons. The molecule has 0 heterocycles. The molecule has 0 radical (unpaired) electrons. The topological polar surface area (TPSA) is 34.1 Å². The van der Waals surface area contributed by atoms with E-state index in [4.69, 9.17) is 0 Å². The van der Waals surface area contributed by atoms with Crippen molar-refractivity contribution in [2.24, 2.45) is 0 Å². The Morgan fingerprint density at radius 3 is 1.09 bits per heavy atom. The Bertz CT molecular complexity index is 4210. The molecule has 0 aliphatic heterocycles. The van der Waals surface area contributed by atoms with Gasteiger partial charge in [-0.25, -0.2) is 0 Å². The number of rotatable bonds is 12. The molecule has 74 heavy (non-hydrogen) atoms. The molecule has 12 aromatic carbocycles. The lowest BCUT2D eigenvalue weighted by molar-refractivity contribution is 0.590. The van der Waals surface area contributed by atoms with E-state index < -0.39 is 14.3 Å². The van der Waals surface area contributed by atoms with Crippen LogP contribution in [0.5, 0.6) is 0 Å². The molecule has 12 rings (SSSR count). The van der Waals surface area contributed by atoms with E-state index in [0.717, 1.165) is 92.6 Å². The van der Waals surface area contributed by atoms with Gasteiger partial charge in [0, 0.05) is 31.8 Å². The summed E-state index contributed by atoms with van der Waals surface area (Å²) in [6.07, 6.45) is 5.17. The maximum absolute atomic E-state index is 15.4. The van der Waals surface area contributed by atoms with Crippen LogP contribution in [0, 0.1) is 0 Å². The van der Waals surface area contributed by atoms with Crippen LogP contribution in [0.25, 0.3) is 87.6 Å². The summed E-state index contributed by atoms with van der Waals surface area (Å²) in [5.74, 6) is 0. The first-order valence-corrected chi connectivity index (χ1v) is 28.3. The van der Waals surface area contributed by atoms with Crippen LogP contribution in [-0.4, -0.2) is 0 Å². The molecule has 12 aromatic rings. The fraction of sp³-hybridized carbons (Fsp3) is 0. The fourth-order valence-corrected chi connectivity index (χ4v) is 16.1. The largest absolute Gasteiger partial charge is 0.309 e. The van der Waals surface area contributed by atoms with Gasteiger partial charge in [-0.05, 0) is 112 Å². The van der Waals surface area contributed by atoms with Crippen molar-refractivity contribution in [3.63, 3.8) is 0 Å². The molecule has 0 amide bonds. The van der Waals surface area contributed by atoms with Crippen LogP contribution >= 0.6 is 14.3 Å². The van der Waals surface area contributed by atoms with Crippen molar-refractivity contribution >= 4 is 83.9 Å². The highest BCUT2D eigenvalue weighted by molar-refractivity contribution is 7.85. The molecule has 0 aromatic heterocycles. The van der Waals surface area contributed by atoms with Gasteiger partial charge in [-0.3, -0.25) is 0 Å². The summed E-state index contributed by atoms with van der Waals surface area (Å²) in [6.45, 7) is 7.98. The second-order valence-electron chi connectivity index (χ2n) is 18.7. The summed E-state index contributed by atoms with van der Waals surface area (Å²) in [5, 5.41) is 13.8. The number of allylic oxidation sites excluding steroid dienone is 4. The first-order valence-electron chi connectivity index (χ1n) is 24.9. The lowest BCUT2D eigenvalue weighted by atomic mass is 9.83. The van der Waals surface area contributed by atoms with Gasteiger partial charge in [0.15, 0.2) is 14.3 Å². The van der Waals surface area contributed by atoms with Crippen LogP contribution < -0.4 is 26.5 Å². The highest BCUT2D eigenvalue weighted by Gasteiger charge is 2.31. The van der Waals surface area contributed by atoms with E-state index in [0.29, 0.717) is 5.31 Å². The predicted molar refractivity (Wildman–Crippen MR) is 319 cm³/mol. The van der Waals surface area contributed by atoms with Gasteiger partial charge in [-0.15, -0.1) is 0 Å². The molecule has 0 N–H and O–H groups in total. The Hall–Kier alpha value is -8.64. The highest BCUT2D eigenvalue weighted by Crippen LogP contribution is 2.53. The number of hydrogen-bond donors (Lipinski definition) is 0. The van der Waals surface area contributed by atoms with Crippen LogP contribution in [-0.2, 0) is 9.13 Å². The van der Waals surface area contributed by atoms with E-state index >= 15 is 9.13 Å². The molecule has 0 fully saturated rings. The van der Waals surface area contributed by atoms with Crippen LogP contribution in [0.15, 0.2) is 298 Å². The normalized spacial score (nSPS) is 12.7. The van der Waals surface area contributed by atoms with Crippen LogP contribution in [0.3, 0.4) is 0 Å². The molecule has 1 unspecified atom stereocenters. The second-order valence-corrected chi connectivity index (χ2v) is 24.3. The third kappa shape index (κ3) is 8.10. The third-order valence-corrected chi connectivity index (χ3v) is 20.7. The van der Waals surface area contributed by atoms with Crippen molar-refractivity contribution in [2.45, 2.75) is 0 Å². The van der Waals surface area contributed by atoms with Crippen LogP contribution in [0.4, 0.5) is 0 Å². The molecule has 0 aliphatic carbocycles. The molecule has 4 heteroatoms. The molecule has 2 nitrogen and oxygen atoms in total. The Kier molecular flexibility index (Phi) is 12.2. The molecule has 0 saturated carbocycles. The van der Waals surface area contributed by atoms with Crippen LogP contribution in [0.1, 0.15) is 0 Å². The van der Waals surface area contributed by atoms with E-state index in [9.17, 15) is 0 Å². The fourth-order valence-electron chi connectivity index (χ4n) is 10.9. The van der Waals surface area contributed by atoms with E-state index in [2.05, 4.69) is 171 Å². The summed E-state index contributed by atoms with van der Waals surface area (Å²) in [5.41, 5.74) is 8.72. The highest BCUT2D eigenvalue weighted by atomic mass is 31.2. The predicted octanol–water partition coefficient (Wildman–Crippen LogP) is 17.2. The lowest BCUT2D eigenvalue weighted by Crippen LogP contribution is -2.24. The lowest BCUT2D eigenvalue weighted by Gasteiger charge is -2.22. The van der Waals surface area contributed by atoms with Crippen molar-refractivity contribution in [3.8, 4) is 44.5 Å². The van der Waals surface area contributed by atoms with Crippen molar-refractivity contribution in [1.82, 2.24) is 0 Å². The molecule has 0 bridgehead atoms. The number of benzene rings is 12. The number of hydrogen-bond acceptors (Lipinski definition) is 2. The van der Waals surface area contributed by atoms with E-state index in [-0.39, 0.29) is 0 Å². The average molecular weight is 985 g/mol. The SMILES string of the molecule is C=C/C=C(\C=C)P(=O)(c1ccccc1)c1ccc(-c2ccc3c(-c4ccc5ccccc5c4)c4cc(-c5ccc(P(=O)(c6ccccc6)c6ccccc6)cc5)ccc4c(-c4ccc5ccccc5c4)c3c2)cc1. The maximum Gasteiger partial charge on any atom is 0.171 e. The van der Waals surface area contributed by atoms with E-state index in [1.165, 1.54) is 21.5 Å². The molecule has 0 aliphatic rings. The van der Waals surface area contributed by atoms with Crippen molar-refractivity contribution < 1.29 is 9.13 Å². The average Bonchev–Trinajstić information content (AvgIpc) is 3.47. The van der Waals surface area contributed by atoms with Gasteiger partial charge < -0.3 is 9.13 Å². The zero-order valence-electron chi connectivity index (χ0n) is 40.7. The first kappa shape index (κ1) is 46.4. The summed E-state index contributed by atoms with van der Waals surface area (Å²) >= 11 is 0. The van der Waals surface area contributed by atoms with Crippen molar-refractivity contribution in [2.75, 3.05) is 0 Å². The van der Waals surface area contributed by atoms with Crippen molar-refractivity contribution in [3.05, 3.63) is 298 Å². The summed E-state index contributed by atoms with van der Waals surface area (Å²) in [4.78, 5) is 0. The standard InChI is InChI=1S/C70H50O2P2/c1-3-18-59(4-2)73(71,60-23-8-5-9-24-60)63-39-33-51(34-40-63)55-37-43-65-67(47-55)69(57-31-29-49-19-14-16-21-53(49)45-57)66-44-38-56(48-68(66)70(65)58-32-30-50-20-15-17-22-54(50)46-58)52-35-41-64(42-36-52)74(72,61-25-10-6-11-26-61)62-27-12-7-13-28-62/h3-48H,1-2H2/b59-18+. The molecule has 0 spiro atoms. The minimum Gasteiger partial charge on any atom is -0.309 e. The minimum absolute atomic E-state index is 0.641. The quantitative estimate of drug-likeness (QED) is 0.0694. The van der Waals surface area contributed by atoms with Crippen molar-refractivity contribution in [1.29, 1.82) is 0 Å². The molecular formula is C70H50O2P2. The molecular weight excluding hydrogens is 935 g/mol. The van der Waals surface area contributed by atoms with Gasteiger partial charge in [0.2, 0.25) is 0 Å². The second kappa shape index (κ2) is 19.4. The Morgan fingerprint density at radius 2 is 0.662 bits per heavy atom. The molecule has 1 atom stereocenters. The smallest absolute Gasteiger partial charge is 0.171 e. The maximum atomic E-state index is 15.4. The first-order chi connectivity index (χ1) is 36.3. The van der Waals surface area contributed by atoms with E-state index in [1.54, 1.807) is 18.2 Å². The monoisotopic (exact) mass is 984 g/mol. The summed E-state index contributed by atoms with van der Waals surface area (Å²) in [6, 6.07) is 90.4. The van der Waals surface area contributed by atoms with Crippen LogP contribution in [0.2, 0.25) is 0 Å². The van der Waals surface area contributed by atoms with Gasteiger partial charge in [0.05, 0.1) is 0 Å². The van der Waals surface area contributed by atoms with Gasteiger partial charge in [-0.1, -0.05) is 268 Å².